The molecular weight excluding hydrogens is 402 g/mol. The number of furan rings is 1. The first-order valence-corrected chi connectivity index (χ1v) is 10.7. The number of pyridine rings is 1. The minimum Gasteiger partial charge on any atom is -0.460 e. The van der Waals surface area contributed by atoms with Crippen LogP contribution >= 0.6 is 11.3 Å². The smallest absolute Gasteiger partial charge is 0.255 e. The van der Waals surface area contributed by atoms with Gasteiger partial charge in [-0.15, -0.1) is 11.3 Å². The number of aliphatic hydroxyl groups is 1. The third kappa shape index (κ3) is 4.30. The molecule has 8 heteroatoms. The number of rotatable bonds is 9. The molecule has 3 heterocycles. The number of aliphatic hydroxyl groups excluding tert-OH is 1. The third-order valence-electron chi connectivity index (χ3n) is 4.70. The molecule has 0 fully saturated rings. The number of nitrogens with one attached hydrogen (secondary N) is 2. The van der Waals surface area contributed by atoms with Crippen molar-refractivity contribution in [2.24, 2.45) is 0 Å². The number of hydrogen-bond acceptors (Lipinski definition) is 7. The van der Waals surface area contributed by atoms with Gasteiger partial charge in [0, 0.05) is 36.8 Å². The van der Waals surface area contributed by atoms with E-state index in [2.05, 4.69) is 15.6 Å². The Bertz CT molecular complexity index is 1170. The number of aromatic nitrogens is 1. The Labute approximate surface area is 177 Å². The van der Waals surface area contributed by atoms with Gasteiger partial charge in [-0.05, 0) is 43.5 Å². The van der Waals surface area contributed by atoms with E-state index in [0.717, 1.165) is 34.3 Å². The second-order valence-electron chi connectivity index (χ2n) is 6.82. The standard InChI is InChI=1S/C22H23N3O4S/c1-14-20(22(27)25-8-2-7-23-10-11-26)16-4-3-15(13-19(16)28-14)29-18-5-9-24-17-6-12-30-21(17)18/h3-6,9,12-13,23,26H,2,7-8,10-11H2,1H3,(H,25,27). The van der Waals surface area contributed by atoms with Gasteiger partial charge in [0.2, 0.25) is 0 Å². The van der Waals surface area contributed by atoms with Gasteiger partial charge in [0.15, 0.2) is 0 Å². The predicted molar refractivity (Wildman–Crippen MR) is 118 cm³/mol. The molecular formula is C22H23N3O4S. The zero-order chi connectivity index (χ0) is 20.9. The van der Waals surface area contributed by atoms with E-state index >= 15 is 0 Å². The van der Waals surface area contributed by atoms with Gasteiger partial charge < -0.3 is 24.9 Å². The molecule has 0 spiro atoms. The number of benzene rings is 1. The lowest BCUT2D eigenvalue weighted by molar-refractivity contribution is 0.0953. The van der Waals surface area contributed by atoms with E-state index < -0.39 is 0 Å². The fourth-order valence-electron chi connectivity index (χ4n) is 3.31. The number of carbonyl (C=O) groups is 1. The van der Waals surface area contributed by atoms with Crippen LogP contribution in [0.5, 0.6) is 11.5 Å². The van der Waals surface area contributed by atoms with Crippen molar-refractivity contribution in [3.63, 3.8) is 0 Å². The molecule has 0 saturated heterocycles. The number of hydrogen-bond donors (Lipinski definition) is 3. The number of nitrogens with zero attached hydrogens (tertiary/aromatic N) is 1. The van der Waals surface area contributed by atoms with E-state index in [-0.39, 0.29) is 12.5 Å². The summed E-state index contributed by atoms with van der Waals surface area (Å²) < 4.78 is 12.9. The zero-order valence-corrected chi connectivity index (χ0v) is 17.4. The number of thiophene rings is 1. The van der Waals surface area contributed by atoms with Crippen LogP contribution in [0.3, 0.4) is 0 Å². The maximum absolute atomic E-state index is 12.7. The van der Waals surface area contributed by atoms with Gasteiger partial charge in [-0.2, -0.15) is 0 Å². The van der Waals surface area contributed by atoms with Gasteiger partial charge >= 0.3 is 0 Å². The Morgan fingerprint density at radius 2 is 2.13 bits per heavy atom. The second kappa shape index (κ2) is 9.25. The Balaban J connectivity index is 1.48. The zero-order valence-electron chi connectivity index (χ0n) is 16.6. The maximum atomic E-state index is 12.7. The van der Waals surface area contributed by atoms with Crippen molar-refractivity contribution < 1.29 is 19.1 Å². The maximum Gasteiger partial charge on any atom is 0.255 e. The number of aryl methyl sites for hydroxylation is 1. The number of fused-ring (bicyclic) bond motifs is 2. The highest BCUT2D eigenvalue weighted by atomic mass is 32.1. The van der Waals surface area contributed by atoms with Gasteiger partial charge in [0.05, 0.1) is 22.4 Å². The fraction of sp³-hybridized carbons (Fsp3) is 0.273. The number of amides is 1. The average molecular weight is 426 g/mol. The number of ether oxygens (including phenoxy) is 1. The Kier molecular flexibility index (Phi) is 6.27. The third-order valence-corrected chi connectivity index (χ3v) is 5.62. The van der Waals surface area contributed by atoms with E-state index in [1.807, 2.05) is 29.6 Å². The summed E-state index contributed by atoms with van der Waals surface area (Å²) in [7, 11) is 0. The molecule has 0 aliphatic rings. The highest BCUT2D eigenvalue weighted by molar-refractivity contribution is 7.17. The molecule has 1 aromatic carbocycles. The molecule has 4 rings (SSSR count). The molecule has 4 aromatic rings. The second-order valence-corrected chi connectivity index (χ2v) is 7.74. The van der Waals surface area contributed by atoms with Gasteiger partial charge in [0.1, 0.15) is 22.8 Å². The van der Waals surface area contributed by atoms with E-state index in [1.54, 1.807) is 30.5 Å². The first kappa shape index (κ1) is 20.3. The van der Waals surface area contributed by atoms with Gasteiger partial charge in [-0.1, -0.05) is 0 Å². The average Bonchev–Trinajstić information content (AvgIpc) is 3.34. The quantitative estimate of drug-likeness (QED) is 0.353. The predicted octanol–water partition coefficient (Wildman–Crippen LogP) is 3.85. The van der Waals surface area contributed by atoms with Gasteiger partial charge in [-0.3, -0.25) is 9.78 Å². The minimum atomic E-state index is -0.156. The van der Waals surface area contributed by atoms with Crippen LogP contribution in [0.4, 0.5) is 0 Å². The first-order valence-electron chi connectivity index (χ1n) is 9.80. The molecule has 0 bridgehead atoms. The summed E-state index contributed by atoms with van der Waals surface area (Å²) in [5.41, 5.74) is 2.05. The highest BCUT2D eigenvalue weighted by Gasteiger charge is 2.18. The summed E-state index contributed by atoms with van der Waals surface area (Å²) in [6, 6.07) is 9.29. The van der Waals surface area contributed by atoms with Crippen LogP contribution in [-0.2, 0) is 0 Å². The Hall–Kier alpha value is -2.94. The van der Waals surface area contributed by atoms with E-state index in [0.29, 0.717) is 35.7 Å². The van der Waals surface area contributed by atoms with Crippen molar-refractivity contribution in [3.05, 3.63) is 53.2 Å². The lowest BCUT2D eigenvalue weighted by Gasteiger charge is -2.07. The summed E-state index contributed by atoms with van der Waals surface area (Å²) in [6.07, 6.45) is 2.50. The summed E-state index contributed by atoms with van der Waals surface area (Å²) in [4.78, 5) is 17.0. The van der Waals surface area contributed by atoms with Crippen molar-refractivity contribution in [3.8, 4) is 11.5 Å². The first-order chi connectivity index (χ1) is 14.7. The van der Waals surface area contributed by atoms with Crippen LogP contribution in [0.1, 0.15) is 22.5 Å². The van der Waals surface area contributed by atoms with Crippen molar-refractivity contribution in [2.75, 3.05) is 26.2 Å². The lowest BCUT2D eigenvalue weighted by atomic mass is 10.1. The molecule has 0 radical (unpaired) electrons. The van der Waals surface area contributed by atoms with E-state index in [4.69, 9.17) is 14.3 Å². The lowest BCUT2D eigenvalue weighted by Crippen LogP contribution is -2.28. The molecule has 0 unspecified atom stereocenters. The summed E-state index contributed by atoms with van der Waals surface area (Å²) in [5, 5.41) is 17.5. The van der Waals surface area contributed by atoms with Crippen molar-refractivity contribution in [2.45, 2.75) is 13.3 Å². The monoisotopic (exact) mass is 425 g/mol. The Morgan fingerprint density at radius 1 is 1.23 bits per heavy atom. The summed E-state index contributed by atoms with van der Waals surface area (Å²) >= 11 is 1.58. The van der Waals surface area contributed by atoms with Crippen LogP contribution < -0.4 is 15.4 Å². The Morgan fingerprint density at radius 3 is 3.00 bits per heavy atom. The van der Waals surface area contributed by atoms with Gasteiger partial charge in [-0.25, -0.2) is 0 Å². The van der Waals surface area contributed by atoms with E-state index in [9.17, 15) is 4.79 Å². The molecule has 7 nitrogen and oxygen atoms in total. The van der Waals surface area contributed by atoms with Crippen molar-refractivity contribution in [1.29, 1.82) is 0 Å². The van der Waals surface area contributed by atoms with Crippen LogP contribution in [-0.4, -0.2) is 42.2 Å². The van der Waals surface area contributed by atoms with Crippen molar-refractivity contribution >= 4 is 38.4 Å². The molecule has 0 atom stereocenters. The van der Waals surface area contributed by atoms with Crippen LogP contribution in [0.25, 0.3) is 21.2 Å². The summed E-state index contributed by atoms with van der Waals surface area (Å²) in [6.45, 7) is 3.73. The summed E-state index contributed by atoms with van der Waals surface area (Å²) in [5.74, 6) is 1.79. The topological polar surface area (TPSA) is 96.6 Å². The molecule has 3 aromatic heterocycles. The van der Waals surface area contributed by atoms with E-state index in [1.165, 1.54) is 0 Å². The molecule has 0 aliphatic heterocycles. The molecule has 156 valence electrons. The van der Waals surface area contributed by atoms with Gasteiger partial charge in [0.25, 0.3) is 5.91 Å². The van der Waals surface area contributed by atoms with Crippen LogP contribution in [0.15, 0.2) is 46.3 Å². The molecule has 3 N–H and O–H groups in total. The molecule has 30 heavy (non-hydrogen) atoms. The fourth-order valence-corrected chi connectivity index (χ4v) is 4.11. The van der Waals surface area contributed by atoms with Crippen molar-refractivity contribution in [1.82, 2.24) is 15.6 Å². The number of carbonyl (C=O) groups excluding carboxylic acids is 1. The molecule has 0 saturated carbocycles. The minimum absolute atomic E-state index is 0.109. The molecule has 1 amide bonds. The SMILES string of the molecule is Cc1oc2cc(Oc3ccnc4ccsc34)ccc2c1C(=O)NCCCNCCO. The molecule has 0 aliphatic carbocycles. The van der Waals surface area contributed by atoms with Crippen LogP contribution in [0, 0.1) is 6.92 Å². The largest absolute Gasteiger partial charge is 0.460 e. The van der Waals surface area contributed by atoms with Crippen LogP contribution in [0.2, 0.25) is 0 Å². The highest BCUT2D eigenvalue weighted by Crippen LogP contribution is 2.35. The normalized spacial score (nSPS) is 11.3.